The molecule has 0 amide bonds. The summed E-state index contributed by atoms with van der Waals surface area (Å²) >= 11 is 0. The van der Waals surface area contributed by atoms with Gasteiger partial charge in [-0.05, 0) is 53.8 Å². The number of aromatic carboxylic acids is 1. The van der Waals surface area contributed by atoms with Gasteiger partial charge in [0.15, 0.2) is 0 Å². The fraction of sp³-hybridized carbons (Fsp3) is 0.136. The largest absolute Gasteiger partial charge is 0.489 e. The number of ether oxygens (including phenoxy) is 1. The van der Waals surface area contributed by atoms with Gasteiger partial charge >= 0.3 is 5.97 Å². The molecule has 1 N–H and O–H groups in total. The highest BCUT2D eigenvalue weighted by Gasteiger charge is 2.12. The van der Waals surface area contributed by atoms with Gasteiger partial charge in [-0.15, -0.1) is 0 Å². The molecule has 0 atom stereocenters. The lowest BCUT2D eigenvalue weighted by Gasteiger charge is -2.11. The van der Waals surface area contributed by atoms with Crippen LogP contribution in [-0.2, 0) is 6.61 Å². The first-order valence-electron chi connectivity index (χ1n) is 8.16. The molecule has 0 fully saturated rings. The summed E-state index contributed by atoms with van der Waals surface area (Å²) in [6.45, 7) is 4.19. The lowest BCUT2D eigenvalue weighted by molar-refractivity contribution is 0.0695. The maximum absolute atomic E-state index is 11.3. The lowest BCUT2D eigenvalue weighted by atomic mass is 9.95. The molecular weight excluding hydrogens is 312 g/mol. The van der Waals surface area contributed by atoms with Crippen molar-refractivity contribution in [3.05, 3.63) is 89.0 Å². The Morgan fingerprint density at radius 1 is 0.880 bits per heavy atom. The van der Waals surface area contributed by atoms with Crippen molar-refractivity contribution in [3.63, 3.8) is 0 Å². The molecule has 3 aromatic carbocycles. The second-order valence-corrected chi connectivity index (χ2v) is 6.09. The van der Waals surface area contributed by atoms with Crippen LogP contribution in [0.5, 0.6) is 5.75 Å². The van der Waals surface area contributed by atoms with E-state index in [1.165, 1.54) is 0 Å². The molecule has 25 heavy (non-hydrogen) atoms. The Kier molecular flexibility index (Phi) is 4.85. The van der Waals surface area contributed by atoms with Gasteiger partial charge in [0.2, 0.25) is 0 Å². The molecule has 0 aliphatic rings. The van der Waals surface area contributed by atoms with Gasteiger partial charge in [-0.2, -0.15) is 0 Å². The van der Waals surface area contributed by atoms with Crippen molar-refractivity contribution in [3.8, 4) is 16.9 Å². The minimum Gasteiger partial charge on any atom is -0.489 e. The van der Waals surface area contributed by atoms with Crippen molar-refractivity contribution in [1.82, 2.24) is 0 Å². The lowest BCUT2D eigenvalue weighted by Crippen LogP contribution is -2.03. The Bertz CT molecular complexity index is 858. The van der Waals surface area contributed by atoms with Crippen LogP contribution in [-0.4, -0.2) is 11.1 Å². The molecule has 0 bridgehead atoms. The van der Waals surface area contributed by atoms with Gasteiger partial charge in [0, 0.05) is 0 Å². The molecule has 0 spiro atoms. The predicted octanol–water partition coefficient (Wildman–Crippen LogP) is 5.25. The van der Waals surface area contributed by atoms with E-state index in [1.54, 1.807) is 0 Å². The molecule has 3 nitrogen and oxygen atoms in total. The maximum Gasteiger partial charge on any atom is 0.336 e. The first-order chi connectivity index (χ1) is 12.0. The first kappa shape index (κ1) is 16.8. The van der Waals surface area contributed by atoms with Crippen LogP contribution in [0.15, 0.2) is 66.7 Å². The van der Waals surface area contributed by atoms with E-state index < -0.39 is 5.97 Å². The maximum atomic E-state index is 11.3. The molecule has 3 aromatic rings. The van der Waals surface area contributed by atoms with E-state index in [9.17, 15) is 9.90 Å². The van der Waals surface area contributed by atoms with Crippen molar-refractivity contribution in [1.29, 1.82) is 0 Å². The van der Waals surface area contributed by atoms with Crippen LogP contribution in [0.25, 0.3) is 11.1 Å². The topological polar surface area (TPSA) is 46.5 Å². The first-order valence-corrected chi connectivity index (χ1v) is 8.16. The molecule has 0 aliphatic carbocycles. The summed E-state index contributed by atoms with van der Waals surface area (Å²) in [6, 6.07) is 21.7. The number of benzene rings is 3. The van der Waals surface area contributed by atoms with E-state index in [1.807, 2.05) is 80.6 Å². The number of carboxylic acid groups (broad SMARTS) is 1. The van der Waals surface area contributed by atoms with Gasteiger partial charge < -0.3 is 9.84 Å². The molecule has 0 radical (unpaired) electrons. The predicted molar refractivity (Wildman–Crippen MR) is 99.1 cm³/mol. The van der Waals surface area contributed by atoms with Crippen molar-refractivity contribution < 1.29 is 14.6 Å². The van der Waals surface area contributed by atoms with Gasteiger partial charge in [-0.3, -0.25) is 0 Å². The summed E-state index contributed by atoms with van der Waals surface area (Å²) in [5.74, 6) is -0.0746. The number of hydrogen-bond acceptors (Lipinski definition) is 2. The highest BCUT2D eigenvalue weighted by atomic mass is 16.5. The summed E-state index contributed by atoms with van der Waals surface area (Å²) in [6.07, 6.45) is 0. The average molecular weight is 332 g/mol. The van der Waals surface area contributed by atoms with Gasteiger partial charge in [-0.25, -0.2) is 4.79 Å². The smallest absolute Gasteiger partial charge is 0.336 e. The number of rotatable bonds is 5. The van der Waals surface area contributed by atoms with Crippen LogP contribution in [0.3, 0.4) is 0 Å². The summed E-state index contributed by atoms with van der Waals surface area (Å²) < 4.78 is 5.80. The average Bonchev–Trinajstić information content (AvgIpc) is 2.60. The number of carbonyl (C=O) groups is 1. The van der Waals surface area contributed by atoms with Crippen LogP contribution < -0.4 is 4.74 Å². The highest BCUT2D eigenvalue weighted by molar-refractivity contribution is 5.92. The third-order valence-corrected chi connectivity index (χ3v) is 4.18. The normalized spacial score (nSPS) is 10.5. The Morgan fingerprint density at radius 3 is 2.04 bits per heavy atom. The zero-order valence-corrected chi connectivity index (χ0v) is 14.3. The van der Waals surface area contributed by atoms with Crippen LogP contribution in [0.1, 0.15) is 27.0 Å². The monoisotopic (exact) mass is 332 g/mol. The van der Waals surface area contributed by atoms with Crippen molar-refractivity contribution in [2.45, 2.75) is 20.5 Å². The Morgan fingerprint density at radius 2 is 1.48 bits per heavy atom. The van der Waals surface area contributed by atoms with E-state index in [0.29, 0.717) is 12.2 Å². The molecule has 0 aliphatic heterocycles. The van der Waals surface area contributed by atoms with E-state index in [0.717, 1.165) is 33.6 Å². The van der Waals surface area contributed by atoms with Crippen LogP contribution in [0.2, 0.25) is 0 Å². The summed E-state index contributed by atoms with van der Waals surface area (Å²) in [5.41, 5.74) is 5.09. The molecule has 0 saturated heterocycles. The van der Waals surface area contributed by atoms with E-state index in [2.05, 4.69) is 0 Å². The molecule has 3 heteroatoms. The third-order valence-electron chi connectivity index (χ3n) is 4.18. The van der Waals surface area contributed by atoms with Crippen LogP contribution in [0.4, 0.5) is 0 Å². The Hall–Kier alpha value is -3.07. The molecule has 0 saturated carbocycles. The summed E-state index contributed by atoms with van der Waals surface area (Å²) in [4.78, 5) is 11.3. The minimum atomic E-state index is -0.883. The van der Waals surface area contributed by atoms with Crippen LogP contribution >= 0.6 is 0 Å². The van der Waals surface area contributed by atoms with E-state index in [4.69, 9.17) is 4.74 Å². The number of carboxylic acids is 1. The zero-order chi connectivity index (χ0) is 17.8. The second-order valence-electron chi connectivity index (χ2n) is 6.09. The molecule has 3 rings (SSSR count). The van der Waals surface area contributed by atoms with Gasteiger partial charge in [0.1, 0.15) is 12.4 Å². The number of aryl methyl sites for hydroxylation is 2. The molecular formula is C22H20O3. The van der Waals surface area contributed by atoms with Crippen molar-refractivity contribution >= 4 is 5.97 Å². The second kappa shape index (κ2) is 7.22. The quantitative estimate of drug-likeness (QED) is 0.694. The Balaban J connectivity index is 1.77. The van der Waals surface area contributed by atoms with Gasteiger partial charge in [0.25, 0.3) is 0 Å². The van der Waals surface area contributed by atoms with Crippen molar-refractivity contribution in [2.24, 2.45) is 0 Å². The molecule has 0 unspecified atom stereocenters. The third kappa shape index (κ3) is 3.89. The standard InChI is InChI=1S/C22H20O3/c1-15-12-19(13-16(2)21(15)22(23)24)18-8-10-20(11-9-18)25-14-17-6-4-3-5-7-17/h3-13H,14H2,1-2H3,(H,23,24). The zero-order valence-electron chi connectivity index (χ0n) is 14.3. The number of hydrogen-bond donors (Lipinski definition) is 1. The van der Waals surface area contributed by atoms with Crippen LogP contribution in [0, 0.1) is 13.8 Å². The fourth-order valence-corrected chi connectivity index (χ4v) is 2.95. The summed E-state index contributed by atoms with van der Waals surface area (Å²) in [7, 11) is 0. The molecule has 0 heterocycles. The van der Waals surface area contributed by atoms with Gasteiger partial charge in [-0.1, -0.05) is 54.6 Å². The van der Waals surface area contributed by atoms with E-state index >= 15 is 0 Å². The van der Waals surface area contributed by atoms with Gasteiger partial charge in [0.05, 0.1) is 5.56 Å². The van der Waals surface area contributed by atoms with E-state index in [-0.39, 0.29) is 0 Å². The SMILES string of the molecule is Cc1cc(-c2ccc(OCc3ccccc3)cc2)cc(C)c1C(=O)O. The molecule has 126 valence electrons. The summed E-state index contributed by atoms with van der Waals surface area (Å²) in [5, 5.41) is 9.28. The Labute approximate surface area is 147 Å². The molecule has 0 aromatic heterocycles. The van der Waals surface area contributed by atoms with Crippen molar-refractivity contribution in [2.75, 3.05) is 0 Å². The fourth-order valence-electron chi connectivity index (χ4n) is 2.95. The highest BCUT2D eigenvalue weighted by Crippen LogP contribution is 2.27. The minimum absolute atomic E-state index is 0.381.